The minimum absolute atomic E-state index is 0.0900. The summed E-state index contributed by atoms with van der Waals surface area (Å²) in [5.74, 6) is 0.0323. The van der Waals surface area contributed by atoms with E-state index in [0.717, 1.165) is 0 Å². The van der Waals surface area contributed by atoms with Crippen molar-refractivity contribution in [1.82, 2.24) is 10.3 Å². The molecule has 0 bridgehead atoms. The summed E-state index contributed by atoms with van der Waals surface area (Å²) in [6.07, 6.45) is 1.54. The van der Waals surface area contributed by atoms with Gasteiger partial charge in [-0.3, -0.25) is 4.79 Å². The molecule has 0 spiro atoms. The Morgan fingerprint density at radius 1 is 1.12 bits per heavy atom. The Kier molecular flexibility index (Phi) is 5.92. The average Bonchev–Trinajstić information content (AvgIpc) is 2.54. The van der Waals surface area contributed by atoms with Crippen molar-refractivity contribution in [1.29, 1.82) is 0 Å². The SMILES string of the molecule is CCOc1cc(CS(=O)(=O)Cc2ccc(C(=O)NC)cc2)ccn1. The topological polar surface area (TPSA) is 85.4 Å². The highest BCUT2D eigenvalue weighted by Gasteiger charge is 2.14. The maximum Gasteiger partial charge on any atom is 0.251 e. The molecule has 7 heteroatoms. The number of amides is 1. The van der Waals surface area contributed by atoms with Crippen LogP contribution in [0.5, 0.6) is 5.88 Å². The zero-order chi connectivity index (χ0) is 17.6. The van der Waals surface area contributed by atoms with Gasteiger partial charge < -0.3 is 10.1 Å². The molecular weight excluding hydrogens is 328 g/mol. The molecule has 2 rings (SSSR count). The van der Waals surface area contributed by atoms with E-state index >= 15 is 0 Å². The summed E-state index contributed by atoms with van der Waals surface area (Å²) < 4.78 is 30.0. The lowest BCUT2D eigenvalue weighted by Crippen LogP contribution is -2.17. The van der Waals surface area contributed by atoms with Gasteiger partial charge >= 0.3 is 0 Å². The van der Waals surface area contributed by atoms with Crippen LogP contribution in [0.15, 0.2) is 42.6 Å². The molecule has 1 aromatic heterocycles. The molecule has 0 saturated carbocycles. The quantitative estimate of drug-likeness (QED) is 0.827. The third kappa shape index (κ3) is 5.06. The summed E-state index contributed by atoms with van der Waals surface area (Å²) in [7, 11) is -1.79. The molecule has 1 heterocycles. The van der Waals surface area contributed by atoms with Gasteiger partial charge in [-0.25, -0.2) is 13.4 Å². The van der Waals surface area contributed by atoms with Crippen molar-refractivity contribution in [2.24, 2.45) is 0 Å². The first-order chi connectivity index (χ1) is 11.4. The van der Waals surface area contributed by atoms with Crippen LogP contribution in [0.4, 0.5) is 0 Å². The van der Waals surface area contributed by atoms with Gasteiger partial charge in [0, 0.05) is 24.9 Å². The summed E-state index contributed by atoms with van der Waals surface area (Å²) in [4.78, 5) is 15.5. The maximum absolute atomic E-state index is 12.4. The van der Waals surface area contributed by atoms with Crippen LogP contribution in [0.1, 0.15) is 28.4 Å². The second-order valence-corrected chi connectivity index (χ2v) is 7.31. The lowest BCUT2D eigenvalue weighted by atomic mass is 10.1. The average molecular weight is 348 g/mol. The minimum atomic E-state index is -3.34. The van der Waals surface area contributed by atoms with Crippen molar-refractivity contribution in [2.45, 2.75) is 18.4 Å². The number of hydrogen-bond donors (Lipinski definition) is 1. The molecule has 0 aliphatic rings. The molecular formula is C17H20N2O4S. The maximum atomic E-state index is 12.4. The molecule has 0 atom stereocenters. The number of pyridine rings is 1. The number of rotatable bonds is 7. The first-order valence-corrected chi connectivity index (χ1v) is 9.35. The second kappa shape index (κ2) is 7.92. The molecule has 24 heavy (non-hydrogen) atoms. The van der Waals surface area contributed by atoms with Gasteiger partial charge in [-0.1, -0.05) is 12.1 Å². The summed E-state index contributed by atoms with van der Waals surface area (Å²) in [6, 6.07) is 9.83. The van der Waals surface area contributed by atoms with Crippen LogP contribution in [0.25, 0.3) is 0 Å². The highest BCUT2D eigenvalue weighted by Crippen LogP contribution is 2.16. The normalized spacial score (nSPS) is 11.1. The number of carbonyl (C=O) groups excluding carboxylic acids is 1. The van der Waals surface area contributed by atoms with Crippen molar-refractivity contribution in [3.05, 3.63) is 59.3 Å². The van der Waals surface area contributed by atoms with Crippen LogP contribution in [0.2, 0.25) is 0 Å². The van der Waals surface area contributed by atoms with E-state index in [9.17, 15) is 13.2 Å². The van der Waals surface area contributed by atoms with Gasteiger partial charge in [-0.05, 0) is 36.2 Å². The molecule has 1 N–H and O–H groups in total. The fraction of sp³-hybridized carbons (Fsp3) is 0.294. The number of hydrogen-bond acceptors (Lipinski definition) is 5. The van der Waals surface area contributed by atoms with E-state index in [1.807, 2.05) is 6.92 Å². The molecule has 0 radical (unpaired) electrons. The number of aromatic nitrogens is 1. The Labute approximate surface area is 141 Å². The van der Waals surface area contributed by atoms with Gasteiger partial charge in [0.25, 0.3) is 5.91 Å². The Balaban J connectivity index is 2.08. The van der Waals surface area contributed by atoms with Gasteiger partial charge in [0.15, 0.2) is 9.84 Å². The molecule has 0 unspecified atom stereocenters. The summed E-state index contributed by atoms with van der Waals surface area (Å²) in [6.45, 7) is 2.31. The predicted octanol–water partition coefficient (Wildman–Crippen LogP) is 1.95. The van der Waals surface area contributed by atoms with Crippen LogP contribution in [-0.2, 0) is 21.3 Å². The highest BCUT2D eigenvalue weighted by atomic mass is 32.2. The number of benzene rings is 1. The van der Waals surface area contributed by atoms with E-state index in [2.05, 4.69) is 10.3 Å². The summed E-state index contributed by atoms with van der Waals surface area (Å²) >= 11 is 0. The van der Waals surface area contributed by atoms with Gasteiger partial charge in [0.2, 0.25) is 5.88 Å². The number of sulfone groups is 1. The second-order valence-electron chi connectivity index (χ2n) is 5.24. The van der Waals surface area contributed by atoms with E-state index in [-0.39, 0.29) is 17.4 Å². The van der Waals surface area contributed by atoms with Gasteiger partial charge in [0.05, 0.1) is 18.1 Å². The van der Waals surface area contributed by atoms with Gasteiger partial charge in [0.1, 0.15) is 0 Å². The monoisotopic (exact) mass is 348 g/mol. The van der Waals surface area contributed by atoms with Crippen molar-refractivity contribution < 1.29 is 17.9 Å². The lowest BCUT2D eigenvalue weighted by Gasteiger charge is -2.07. The van der Waals surface area contributed by atoms with Crippen LogP contribution < -0.4 is 10.1 Å². The van der Waals surface area contributed by atoms with Gasteiger partial charge in [-0.2, -0.15) is 0 Å². The third-order valence-electron chi connectivity index (χ3n) is 3.31. The van der Waals surface area contributed by atoms with Crippen LogP contribution in [0.3, 0.4) is 0 Å². The highest BCUT2D eigenvalue weighted by molar-refractivity contribution is 7.89. The van der Waals surface area contributed by atoms with Crippen LogP contribution >= 0.6 is 0 Å². The molecule has 2 aromatic rings. The van der Waals surface area contributed by atoms with Crippen molar-refractivity contribution in [2.75, 3.05) is 13.7 Å². The molecule has 0 aliphatic carbocycles. The largest absolute Gasteiger partial charge is 0.478 e. The predicted molar refractivity (Wildman–Crippen MR) is 91.6 cm³/mol. The molecule has 0 aliphatic heterocycles. The first kappa shape index (κ1) is 17.9. The summed E-state index contributed by atoms with van der Waals surface area (Å²) in [5.41, 5.74) is 1.77. The number of nitrogens with zero attached hydrogens (tertiary/aromatic N) is 1. The molecule has 128 valence electrons. The zero-order valence-electron chi connectivity index (χ0n) is 13.7. The lowest BCUT2D eigenvalue weighted by molar-refractivity contribution is 0.0963. The Morgan fingerprint density at radius 3 is 2.42 bits per heavy atom. The Hall–Kier alpha value is -2.41. The number of nitrogens with one attached hydrogen (secondary N) is 1. The van der Waals surface area contributed by atoms with Crippen molar-refractivity contribution in [3.63, 3.8) is 0 Å². The number of ether oxygens (including phenoxy) is 1. The molecule has 6 nitrogen and oxygen atoms in total. The first-order valence-electron chi connectivity index (χ1n) is 7.52. The summed E-state index contributed by atoms with van der Waals surface area (Å²) in [5, 5.41) is 2.52. The Morgan fingerprint density at radius 2 is 1.79 bits per heavy atom. The smallest absolute Gasteiger partial charge is 0.251 e. The van der Waals surface area contributed by atoms with Gasteiger partial charge in [-0.15, -0.1) is 0 Å². The zero-order valence-corrected chi connectivity index (χ0v) is 14.5. The molecule has 0 fully saturated rings. The van der Waals surface area contributed by atoms with E-state index < -0.39 is 9.84 Å². The van der Waals surface area contributed by atoms with E-state index in [4.69, 9.17) is 4.74 Å². The third-order valence-corrected chi connectivity index (χ3v) is 4.85. The minimum Gasteiger partial charge on any atom is -0.478 e. The van der Waals surface area contributed by atoms with Crippen molar-refractivity contribution >= 4 is 15.7 Å². The van der Waals surface area contributed by atoms with Crippen LogP contribution in [0, 0.1) is 0 Å². The van der Waals surface area contributed by atoms with E-state index in [1.165, 1.54) is 6.20 Å². The molecule has 1 aromatic carbocycles. The van der Waals surface area contributed by atoms with E-state index in [1.54, 1.807) is 43.4 Å². The van der Waals surface area contributed by atoms with Crippen LogP contribution in [-0.4, -0.2) is 33.0 Å². The molecule has 0 saturated heterocycles. The Bertz CT molecular complexity index is 802. The fourth-order valence-electron chi connectivity index (χ4n) is 2.22. The van der Waals surface area contributed by atoms with Crippen molar-refractivity contribution in [3.8, 4) is 5.88 Å². The standard InChI is InChI=1S/C17H20N2O4S/c1-3-23-16-10-14(8-9-19-16)12-24(21,22)11-13-4-6-15(7-5-13)17(20)18-2/h4-10H,3,11-12H2,1-2H3,(H,18,20). The number of carbonyl (C=O) groups is 1. The fourth-order valence-corrected chi connectivity index (χ4v) is 3.71. The molecule has 1 amide bonds. The van der Waals surface area contributed by atoms with E-state index in [0.29, 0.717) is 29.2 Å².